The van der Waals surface area contributed by atoms with Crippen LogP contribution < -0.4 is 5.32 Å². The van der Waals surface area contributed by atoms with Crippen LogP contribution in [0.3, 0.4) is 0 Å². The van der Waals surface area contributed by atoms with Crippen molar-refractivity contribution in [3.63, 3.8) is 0 Å². The summed E-state index contributed by atoms with van der Waals surface area (Å²) in [4.78, 5) is 0. The SMILES string of the molecule is COCc1cccc(CNCCC2CCC2)c1. The number of nitrogens with one attached hydrogen (secondary N) is 1. The first-order valence-electron chi connectivity index (χ1n) is 6.66. The van der Waals surface area contributed by atoms with Crippen LogP contribution in [-0.4, -0.2) is 13.7 Å². The topological polar surface area (TPSA) is 21.3 Å². The number of benzene rings is 1. The highest BCUT2D eigenvalue weighted by molar-refractivity contribution is 5.22. The molecule has 0 atom stereocenters. The Hall–Kier alpha value is -0.860. The van der Waals surface area contributed by atoms with Gasteiger partial charge in [0.25, 0.3) is 0 Å². The molecule has 0 aliphatic heterocycles. The predicted octanol–water partition coefficient (Wildman–Crippen LogP) is 3.11. The molecule has 0 saturated heterocycles. The Morgan fingerprint density at radius 1 is 1.29 bits per heavy atom. The maximum atomic E-state index is 5.14. The van der Waals surface area contributed by atoms with E-state index in [0.717, 1.165) is 19.0 Å². The fourth-order valence-electron chi connectivity index (χ4n) is 2.32. The van der Waals surface area contributed by atoms with Crippen LogP contribution in [-0.2, 0) is 17.9 Å². The number of hydrogen-bond donors (Lipinski definition) is 1. The van der Waals surface area contributed by atoms with Crippen LogP contribution in [0, 0.1) is 5.92 Å². The largest absolute Gasteiger partial charge is 0.380 e. The maximum Gasteiger partial charge on any atom is 0.0713 e. The van der Waals surface area contributed by atoms with E-state index >= 15 is 0 Å². The molecule has 1 saturated carbocycles. The molecule has 0 aromatic heterocycles. The van der Waals surface area contributed by atoms with Gasteiger partial charge >= 0.3 is 0 Å². The molecule has 1 aromatic carbocycles. The van der Waals surface area contributed by atoms with E-state index in [9.17, 15) is 0 Å². The Morgan fingerprint density at radius 2 is 2.12 bits per heavy atom. The van der Waals surface area contributed by atoms with E-state index in [0.29, 0.717) is 6.61 Å². The molecule has 1 aromatic rings. The van der Waals surface area contributed by atoms with Gasteiger partial charge in [-0.15, -0.1) is 0 Å². The summed E-state index contributed by atoms with van der Waals surface area (Å²) in [6, 6.07) is 8.62. The van der Waals surface area contributed by atoms with E-state index in [1.165, 1.54) is 36.8 Å². The highest BCUT2D eigenvalue weighted by atomic mass is 16.5. The van der Waals surface area contributed by atoms with Crippen LogP contribution >= 0.6 is 0 Å². The second-order valence-corrected chi connectivity index (χ2v) is 5.02. The molecule has 0 bridgehead atoms. The van der Waals surface area contributed by atoms with Gasteiger partial charge in [0, 0.05) is 13.7 Å². The van der Waals surface area contributed by atoms with Gasteiger partial charge in [-0.05, 0) is 30.0 Å². The summed E-state index contributed by atoms with van der Waals surface area (Å²) >= 11 is 0. The van der Waals surface area contributed by atoms with Crippen molar-refractivity contribution in [3.8, 4) is 0 Å². The quantitative estimate of drug-likeness (QED) is 0.731. The number of methoxy groups -OCH3 is 1. The molecular weight excluding hydrogens is 210 g/mol. The second-order valence-electron chi connectivity index (χ2n) is 5.02. The Kier molecular flexibility index (Phi) is 5.02. The third-order valence-electron chi connectivity index (χ3n) is 3.59. The molecule has 0 radical (unpaired) electrons. The number of ether oxygens (including phenoxy) is 1. The zero-order chi connectivity index (χ0) is 11.9. The van der Waals surface area contributed by atoms with Gasteiger partial charge in [0.05, 0.1) is 6.61 Å². The molecule has 2 rings (SSSR count). The minimum Gasteiger partial charge on any atom is -0.380 e. The van der Waals surface area contributed by atoms with Crippen molar-refractivity contribution in [2.45, 2.75) is 38.8 Å². The van der Waals surface area contributed by atoms with Crippen molar-refractivity contribution in [3.05, 3.63) is 35.4 Å². The highest BCUT2D eigenvalue weighted by Crippen LogP contribution is 2.28. The monoisotopic (exact) mass is 233 g/mol. The van der Waals surface area contributed by atoms with Gasteiger partial charge in [0.1, 0.15) is 0 Å². The molecule has 1 aliphatic carbocycles. The summed E-state index contributed by atoms with van der Waals surface area (Å²) in [5.41, 5.74) is 2.61. The molecule has 17 heavy (non-hydrogen) atoms. The van der Waals surface area contributed by atoms with Crippen LogP contribution in [0.4, 0.5) is 0 Å². The Balaban J connectivity index is 1.68. The Morgan fingerprint density at radius 3 is 2.82 bits per heavy atom. The smallest absolute Gasteiger partial charge is 0.0713 e. The summed E-state index contributed by atoms with van der Waals surface area (Å²) in [6.45, 7) is 2.83. The molecule has 0 unspecified atom stereocenters. The maximum absolute atomic E-state index is 5.14. The molecule has 2 nitrogen and oxygen atoms in total. The number of hydrogen-bond acceptors (Lipinski definition) is 2. The molecule has 1 aliphatic rings. The summed E-state index contributed by atoms with van der Waals surface area (Å²) in [5, 5.41) is 3.53. The zero-order valence-corrected chi connectivity index (χ0v) is 10.7. The van der Waals surface area contributed by atoms with Crippen molar-refractivity contribution in [1.29, 1.82) is 0 Å². The predicted molar refractivity (Wildman–Crippen MR) is 70.8 cm³/mol. The third kappa shape index (κ3) is 4.14. The first-order valence-corrected chi connectivity index (χ1v) is 6.66. The van der Waals surface area contributed by atoms with Gasteiger partial charge in [-0.25, -0.2) is 0 Å². The van der Waals surface area contributed by atoms with E-state index in [1.54, 1.807) is 7.11 Å². The molecule has 2 heteroatoms. The summed E-state index contributed by atoms with van der Waals surface area (Å²) < 4.78 is 5.14. The fourth-order valence-corrected chi connectivity index (χ4v) is 2.32. The van der Waals surface area contributed by atoms with Crippen molar-refractivity contribution in [2.75, 3.05) is 13.7 Å². The minimum absolute atomic E-state index is 0.704. The van der Waals surface area contributed by atoms with Crippen LogP contribution in [0.1, 0.15) is 36.8 Å². The normalized spacial score (nSPS) is 15.8. The molecule has 1 N–H and O–H groups in total. The van der Waals surface area contributed by atoms with E-state index in [4.69, 9.17) is 4.74 Å². The summed E-state index contributed by atoms with van der Waals surface area (Å²) in [6.07, 6.45) is 5.69. The Bertz CT molecular complexity index is 333. The summed E-state index contributed by atoms with van der Waals surface area (Å²) in [5.74, 6) is 1.00. The lowest BCUT2D eigenvalue weighted by molar-refractivity contribution is 0.185. The van der Waals surface area contributed by atoms with Gasteiger partial charge in [-0.2, -0.15) is 0 Å². The molecular formula is C15H23NO. The van der Waals surface area contributed by atoms with Gasteiger partial charge in [-0.3, -0.25) is 0 Å². The first-order chi connectivity index (χ1) is 8.38. The Labute approximate surface area is 104 Å². The van der Waals surface area contributed by atoms with Crippen LogP contribution in [0.2, 0.25) is 0 Å². The van der Waals surface area contributed by atoms with Crippen LogP contribution in [0.25, 0.3) is 0 Å². The standard InChI is InChI=1S/C15H23NO/c1-17-12-15-7-3-6-14(10-15)11-16-9-8-13-4-2-5-13/h3,6-7,10,13,16H,2,4-5,8-9,11-12H2,1H3. The number of rotatable bonds is 7. The van der Waals surface area contributed by atoms with Crippen molar-refractivity contribution >= 4 is 0 Å². The van der Waals surface area contributed by atoms with Crippen molar-refractivity contribution < 1.29 is 4.74 Å². The third-order valence-corrected chi connectivity index (χ3v) is 3.59. The second kappa shape index (κ2) is 6.77. The van der Waals surface area contributed by atoms with E-state index in [1.807, 2.05) is 0 Å². The molecule has 0 amide bonds. The average molecular weight is 233 g/mol. The van der Waals surface area contributed by atoms with Gasteiger partial charge in [-0.1, -0.05) is 43.5 Å². The average Bonchev–Trinajstić information content (AvgIpc) is 2.27. The minimum atomic E-state index is 0.704. The van der Waals surface area contributed by atoms with E-state index in [2.05, 4.69) is 29.6 Å². The molecule has 94 valence electrons. The zero-order valence-electron chi connectivity index (χ0n) is 10.7. The lowest BCUT2D eigenvalue weighted by atomic mass is 9.83. The van der Waals surface area contributed by atoms with Crippen molar-refractivity contribution in [1.82, 2.24) is 5.32 Å². The fraction of sp³-hybridized carbons (Fsp3) is 0.600. The molecule has 0 spiro atoms. The van der Waals surface area contributed by atoms with Crippen LogP contribution in [0.15, 0.2) is 24.3 Å². The van der Waals surface area contributed by atoms with Crippen LogP contribution in [0.5, 0.6) is 0 Å². The molecule has 0 heterocycles. The van der Waals surface area contributed by atoms with Gasteiger partial charge in [0.2, 0.25) is 0 Å². The summed E-state index contributed by atoms with van der Waals surface area (Å²) in [7, 11) is 1.74. The molecule has 1 fully saturated rings. The van der Waals surface area contributed by atoms with E-state index < -0.39 is 0 Å². The van der Waals surface area contributed by atoms with E-state index in [-0.39, 0.29) is 0 Å². The lowest BCUT2D eigenvalue weighted by Gasteiger charge is -2.25. The van der Waals surface area contributed by atoms with Gasteiger partial charge in [0.15, 0.2) is 0 Å². The van der Waals surface area contributed by atoms with Gasteiger partial charge < -0.3 is 10.1 Å². The lowest BCUT2D eigenvalue weighted by Crippen LogP contribution is -2.21. The first kappa shape index (κ1) is 12.6. The highest BCUT2D eigenvalue weighted by Gasteiger charge is 2.15. The van der Waals surface area contributed by atoms with Crippen molar-refractivity contribution in [2.24, 2.45) is 5.92 Å².